The highest BCUT2D eigenvalue weighted by Gasteiger charge is 2.04. The molecular weight excluding hydrogens is 218 g/mol. The van der Waals surface area contributed by atoms with Gasteiger partial charge in [0.15, 0.2) is 0 Å². The van der Waals surface area contributed by atoms with E-state index >= 15 is 0 Å². The number of rotatable bonds is 6. The van der Waals surface area contributed by atoms with E-state index in [1.165, 1.54) is 6.26 Å². The molecule has 1 amide bonds. The minimum atomic E-state index is -0.521. The van der Waals surface area contributed by atoms with Gasteiger partial charge >= 0.3 is 6.09 Å². The number of hydrogen-bond acceptors (Lipinski definition) is 3. The number of anilines is 1. The molecule has 0 fully saturated rings. The highest BCUT2D eigenvalue weighted by Crippen LogP contribution is 2.15. The van der Waals surface area contributed by atoms with Crippen LogP contribution in [0.2, 0.25) is 0 Å². The summed E-state index contributed by atoms with van der Waals surface area (Å²) in [5.41, 5.74) is 1.50. The van der Waals surface area contributed by atoms with Crippen LogP contribution in [0.25, 0.3) is 6.08 Å². The summed E-state index contributed by atoms with van der Waals surface area (Å²) >= 11 is 0. The Labute approximate surface area is 101 Å². The first kappa shape index (κ1) is 12.8. The molecule has 0 aliphatic carbocycles. The van der Waals surface area contributed by atoms with Crippen molar-refractivity contribution in [2.75, 3.05) is 18.5 Å². The highest BCUT2D eigenvalue weighted by molar-refractivity contribution is 5.87. The van der Waals surface area contributed by atoms with Gasteiger partial charge in [0.2, 0.25) is 0 Å². The van der Waals surface area contributed by atoms with E-state index in [1.807, 2.05) is 18.2 Å². The van der Waals surface area contributed by atoms with Crippen molar-refractivity contribution in [3.8, 4) is 0 Å². The Balaban J connectivity index is 2.44. The van der Waals surface area contributed by atoms with Gasteiger partial charge in [-0.25, -0.2) is 4.79 Å². The van der Waals surface area contributed by atoms with Crippen molar-refractivity contribution in [3.05, 3.63) is 49.2 Å². The van der Waals surface area contributed by atoms with Crippen LogP contribution in [0.1, 0.15) is 5.56 Å². The van der Waals surface area contributed by atoms with Crippen LogP contribution in [0.4, 0.5) is 10.5 Å². The van der Waals surface area contributed by atoms with Gasteiger partial charge in [0.05, 0.1) is 11.9 Å². The zero-order chi connectivity index (χ0) is 12.5. The number of para-hydroxylation sites is 1. The van der Waals surface area contributed by atoms with E-state index in [1.54, 1.807) is 12.1 Å². The molecule has 0 aromatic heterocycles. The second kappa shape index (κ2) is 7.11. The summed E-state index contributed by atoms with van der Waals surface area (Å²) in [6, 6.07) is 7.32. The molecule has 90 valence electrons. The number of amides is 1. The lowest BCUT2D eigenvalue weighted by molar-refractivity contribution is 0.123. The molecule has 0 heterocycles. The van der Waals surface area contributed by atoms with Gasteiger partial charge in [-0.15, -0.1) is 0 Å². The van der Waals surface area contributed by atoms with E-state index in [2.05, 4.69) is 18.5 Å². The molecule has 1 aromatic carbocycles. The summed E-state index contributed by atoms with van der Waals surface area (Å²) in [6.07, 6.45) is 2.44. The number of benzene rings is 1. The summed E-state index contributed by atoms with van der Waals surface area (Å²) in [6.45, 7) is 7.51. The fourth-order valence-electron chi connectivity index (χ4n) is 1.20. The molecule has 0 spiro atoms. The maximum Gasteiger partial charge on any atom is 0.411 e. The van der Waals surface area contributed by atoms with Crippen LogP contribution < -0.4 is 5.32 Å². The molecule has 4 nitrogen and oxygen atoms in total. The van der Waals surface area contributed by atoms with E-state index in [0.717, 1.165) is 5.56 Å². The number of ether oxygens (including phenoxy) is 2. The van der Waals surface area contributed by atoms with E-state index < -0.39 is 6.09 Å². The number of nitrogens with one attached hydrogen (secondary N) is 1. The predicted molar refractivity (Wildman–Crippen MR) is 67.7 cm³/mol. The van der Waals surface area contributed by atoms with Crippen molar-refractivity contribution in [3.63, 3.8) is 0 Å². The molecule has 17 heavy (non-hydrogen) atoms. The van der Waals surface area contributed by atoms with Crippen LogP contribution in [-0.2, 0) is 9.47 Å². The first-order valence-corrected chi connectivity index (χ1v) is 5.15. The molecule has 0 saturated carbocycles. The van der Waals surface area contributed by atoms with E-state index in [9.17, 15) is 4.79 Å². The van der Waals surface area contributed by atoms with Gasteiger partial charge in [0, 0.05) is 0 Å². The van der Waals surface area contributed by atoms with Crippen LogP contribution in [-0.4, -0.2) is 19.3 Å². The Hall–Kier alpha value is -2.23. The van der Waals surface area contributed by atoms with Crippen molar-refractivity contribution >= 4 is 17.9 Å². The molecule has 0 radical (unpaired) electrons. The Bertz CT molecular complexity index is 401. The lowest BCUT2D eigenvalue weighted by Gasteiger charge is -2.08. The minimum Gasteiger partial charge on any atom is -0.498 e. The maximum atomic E-state index is 11.4. The summed E-state index contributed by atoms with van der Waals surface area (Å²) in [5, 5.41) is 2.62. The quantitative estimate of drug-likeness (QED) is 0.606. The van der Waals surface area contributed by atoms with Gasteiger partial charge in [0.1, 0.15) is 13.2 Å². The van der Waals surface area contributed by atoms with Crippen LogP contribution in [0, 0.1) is 0 Å². The second-order valence-electron chi connectivity index (χ2n) is 3.09. The third kappa shape index (κ3) is 4.42. The Morgan fingerprint density at radius 3 is 2.76 bits per heavy atom. The van der Waals surface area contributed by atoms with Crippen molar-refractivity contribution < 1.29 is 14.3 Å². The van der Waals surface area contributed by atoms with Gasteiger partial charge in [-0.05, 0) is 11.6 Å². The predicted octanol–water partition coefficient (Wildman–Crippen LogP) is 3.04. The smallest absolute Gasteiger partial charge is 0.411 e. The second-order valence-corrected chi connectivity index (χ2v) is 3.09. The summed E-state index contributed by atoms with van der Waals surface area (Å²) in [5.74, 6) is 0. The summed E-state index contributed by atoms with van der Waals surface area (Å²) < 4.78 is 9.71. The molecule has 0 atom stereocenters. The lowest BCUT2D eigenvalue weighted by Crippen LogP contribution is -2.16. The van der Waals surface area contributed by atoms with Gasteiger partial charge in [-0.1, -0.05) is 37.4 Å². The zero-order valence-electron chi connectivity index (χ0n) is 9.52. The third-order valence-corrected chi connectivity index (χ3v) is 1.97. The van der Waals surface area contributed by atoms with Crippen molar-refractivity contribution in [2.24, 2.45) is 0 Å². The van der Waals surface area contributed by atoms with Crippen molar-refractivity contribution in [1.29, 1.82) is 0 Å². The van der Waals surface area contributed by atoms with Crippen molar-refractivity contribution in [1.82, 2.24) is 0 Å². The van der Waals surface area contributed by atoms with E-state index in [0.29, 0.717) is 12.3 Å². The molecule has 4 heteroatoms. The van der Waals surface area contributed by atoms with Gasteiger partial charge in [-0.2, -0.15) is 0 Å². The molecule has 0 aliphatic rings. The first-order chi connectivity index (χ1) is 8.27. The average molecular weight is 233 g/mol. The van der Waals surface area contributed by atoms with Crippen LogP contribution in [0.3, 0.4) is 0 Å². The fourth-order valence-corrected chi connectivity index (χ4v) is 1.20. The average Bonchev–Trinajstić information content (AvgIpc) is 2.35. The summed E-state index contributed by atoms with van der Waals surface area (Å²) in [7, 11) is 0. The minimum absolute atomic E-state index is 0.175. The summed E-state index contributed by atoms with van der Waals surface area (Å²) in [4.78, 5) is 11.4. The highest BCUT2D eigenvalue weighted by atomic mass is 16.6. The molecule has 0 unspecified atom stereocenters. The molecule has 1 aromatic rings. The van der Waals surface area contributed by atoms with Gasteiger partial charge in [-0.3, -0.25) is 5.32 Å². The zero-order valence-corrected chi connectivity index (χ0v) is 9.52. The Morgan fingerprint density at radius 2 is 2.06 bits per heavy atom. The molecule has 0 bridgehead atoms. The normalized spacial score (nSPS) is 9.18. The number of carbonyl (C=O) groups excluding carboxylic acids is 1. The molecule has 1 rings (SSSR count). The molecule has 1 N–H and O–H groups in total. The molecular formula is C13H15NO3. The van der Waals surface area contributed by atoms with Crippen LogP contribution in [0.5, 0.6) is 0 Å². The topological polar surface area (TPSA) is 47.6 Å². The largest absolute Gasteiger partial charge is 0.498 e. The van der Waals surface area contributed by atoms with Gasteiger partial charge < -0.3 is 9.47 Å². The number of hydrogen-bond donors (Lipinski definition) is 1. The Kier molecular flexibility index (Phi) is 5.37. The van der Waals surface area contributed by atoms with Crippen LogP contribution >= 0.6 is 0 Å². The van der Waals surface area contributed by atoms with E-state index in [-0.39, 0.29) is 6.61 Å². The number of carbonyl (C=O) groups is 1. The third-order valence-electron chi connectivity index (χ3n) is 1.97. The molecule has 0 saturated heterocycles. The van der Waals surface area contributed by atoms with Crippen molar-refractivity contribution in [2.45, 2.75) is 0 Å². The first-order valence-electron chi connectivity index (χ1n) is 5.15. The fraction of sp³-hybridized carbons (Fsp3) is 0.154. The SMILES string of the molecule is C=COCCOC(=O)Nc1ccccc1C=C. The lowest BCUT2D eigenvalue weighted by atomic mass is 10.2. The maximum absolute atomic E-state index is 11.4. The monoisotopic (exact) mass is 233 g/mol. The standard InChI is InChI=1S/C13H15NO3/c1-3-11-7-5-6-8-12(11)14-13(15)17-10-9-16-4-2/h3-8H,1-2,9-10H2,(H,14,15). The molecule has 0 aliphatic heterocycles. The van der Waals surface area contributed by atoms with Crippen LogP contribution in [0.15, 0.2) is 43.7 Å². The van der Waals surface area contributed by atoms with Gasteiger partial charge in [0.25, 0.3) is 0 Å². The Morgan fingerprint density at radius 1 is 1.29 bits per heavy atom. The van der Waals surface area contributed by atoms with E-state index in [4.69, 9.17) is 9.47 Å².